The monoisotopic (exact) mass is 853 g/mol. The Morgan fingerprint density at radius 2 is 0.677 bits per heavy atom. The van der Waals surface area contributed by atoms with E-state index in [1.807, 2.05) is 18.2 Å². The maximum Gasteiger partial charge on any atom is 0.309 e. The Bertz CT molecular complexity index is 1440. The molecule has 0 spiro atoms. The fourth-order valence-electron chi connectivity index (χ4n) is 5.66. The zero-order chi connectivity index (χ0) is 45.1. The molecule has 0 aromatic carbocycles. The summed E-state index contributed by atoms with van der Waals surface area (Å²) in [6, 6.07) is 0. The van der Waals surface area contributed by atoms with Crippen molar-refractivity contribution in [1.29, 1.82) is 0 Å². The molecule has 344 valence electrons. The van der Waals surface area contributed by atoms with Gasteiger partial charge in [-0.05, 0) is 103 Å². The van der Waals surface area contributed by atoms with Crippen LogP contribution in [-0.2, 0) is 28.6 Å². The van der Waals surface area contributed by atoms with Gasteiger partial charge in [0.2, 0.25) is 0 Å². The number of esters is 3. The highest BCUT2D eigenvalue weighted by atomic mass is 16.6. The van der Waals surface area contributed by atoms with E-state index < -0.39 is 18.0 Å². The summed E-state index contributed by atoms with van der Waals surface area (Å²) in [5.74, 6) is -1.19. The van der Waals surface area contributed by atoms with E-state index in [1.54, 1.807) is 6.08 Å². The summed E-state index contributed by atoms with van der Waals surface area (Å²) in [6.45, 7) is 6.08. The molecule has 0 fully saturated rings. The number of carbonyl (C=O) groups excluding carboxylic acids is 3. The van der Waals surface area contributed by atoms with Crippen LogP contribution in [0.4, 0.5) is 0 Å². The van der Waals surface area contributed by atoms with Crippen LogP contribution in [0.2, 0.25) is 0 Å². The molecule has 0 aliphatic carbocycles. The SMILES string of the molecule is CC/C=C\C/C=C\C/C=C\C/C=C\C/C=C\CCC(=O)OC(COC(=O)C/C=C\C/C=C\C/C=C\CC)COC(=O)CCCCCCCC/C=C\C/C=C\C/C=C\C/C=C\CC. The fraction of sp³-hybridized carbons (Fsp3) is 0.518. The van der Waals surface area contributed by atoms with Crippen LogP contribution in [0.25, 0.3) is 0 Å². The first-order chi connectivity index (χ1) is 30.5. The summed E-state index contributed by atoms with van der Waals surface area (Å²) in [5, 5.41) is 0. The quantitative estimate of drug-likeness (QED) is 0.0264. The third-order valence-corrected chi connectivity index (χ3v) is 9.12. The van der Waals surface area contributed by atoms with Crippen LogP contribution in [0, 0.1) is 0 Å². The largest absolute Gasteiger partial charge is 0.462 e. The van der Waals surface area contributed by atoms with E-state index in [0.29, 0.717) is 12.8 Å². The minimum Gasteiger partial charge on any atom is -0.462 e. The van der Waals surface area contributed by atoms with Gasteiger partial charge in [-0.25, -0.2) is 0 Å². The van der Waals surface area contributed by atoms with Crippen molar-refractivity contribution in [1.82, 2.24) is 0 Å². The lowest BCUT2D eigenvalue weighted by molar-refractivity contribution is -0.166. The molecule has 0 aliphatic heterocycles. The van der Waals surface area contributed by atoms with E-state index in [0.717, 1.165) is 109 Å². The minimum absolute atomic E-state index is 0.110. The molecule has 0 saturated heterocycles. The van der Waals surface area contributed by atoms with Gasteiger partial charge in [-0.1, -0.05) is 192 Å². The van der Waals surface area contributed by atoms with Gasteiger partial charge >= 0.3 is 17.9 Å². The van der Waals surface area contributed by atoms with E-state index in [-0.39, 0.29) is 32.0 Å². The molecule has 0 radical (unpaired) electrons. The molecule has 0 aromatic rings. The topological polar surface area (TPSA) is 78.9 Å². The van der Waals surface area contributed by atoms with Gasteiger partial charge in [0.25, 0.3) is 0 Å². The van der Waals surface area contributed by atoms with Gasteiger partial charge in [0.05, 0.1) is 6.42 Å². The molecule has 0 rings (SSSR count). The number of rotatable bonds is 40. The molecule has 0 aliphatic rings. The first-order valence-electron chi connectivity index (χ1n) is 23.8. The highest BCUT2D eigenvalue weighted by molar-refractivity contribution is 5.72. The van der Waals surface area contributed by atoms with Crippen molar-refractivity contribution in [2.45, 2.75) is 175 Å². The molecule has 0 aromatic heterocycles. The molecule has 0 heterocycles. The molecular weight excluding hydrogens is 769 g/mol. The Kier molecular flexibility index (Phi) is 45.2. The van der Waals surface area contributed by atoms with E-state index in [2.05, 4.69) is 142 Å². The van der Waals surface area contributed by atoms with Crippen molar-refractivity contribution in [3.8, 4) is 0 Å². The molecule has 1 atom stereocenters. The smallest absolute Gasteiger partial charge is 0.309 e. The van der Waals surface area contributed by atoms with Crippen molar-refractivity contribution in [3.63, 3.8) is 0 Å². The van der Waals surface area contributed by atoms with Crippen LogP contribution < -0.4 is 0 Å². The average molecular weight is 853 g/mol. The molecule has 0 N–H and O–H groups in total. The highest BCUT2D eigenvalue weighted by Gasteiger charge is 2.19. The van der Waals surface area contributed by atoms with Gasteiger partial charge < -0.3 is 14.2 Å². The maximum absolute atomic E-state index is 12.7. The van der Waals surface area contributed by atoms with Crippen LogP contribution in [0.5, 0.6) is 0 Å². The Labute approximate surface area is 378 Å². The van der Waals surface area contributed by atoms with E-state index in [9.17, 15) is 14.4 Å². The predicted molar refractivity (Wildman–Crippen MR) is 265 cm³/mol. The van der Waals surface area contributed by atoms with Gasteiger partial charge in [0, 0.05) is 12.8 Å². The van der Waals surface area contributed by atoms with Gasteiger partial charge in [-0.3, -0.25) is 14.4 Å². The molecular formula is C56H84O6. The summed E-state index contributed by atoms with van der Waals surface area (Å²) >= 11 is 0. The maximum atomic E-state index is 12.7. The number of carbonyl (C=O) groups is 3. The molecule has 6 heteroatoms. The minimum atomic E-state index is -0.864. The Morgan fingerprint density at radius 3 is 1.11 bits per heavy atom. The number of allylic oxidation sites excluding steroid dienone is 23. The van der Waals surface area contributed by atoms with Crippen LogP contribution >= 0.6 is 0 Å². The molecule has 0 saturated carbocycles. The first-order valence-corrected chi connectivity index (χ1v) is 23.8. The Balaban J connectivity index is 4.55. The van der Waals surface area contributed by atoms with E-state index in [4.69, 9.17) is 14.2 Å². The zero-order valence-corrected chi connectivity index (χ0v) is 39.1. The lowest BCUT2D eigenvalue weighted by atomic mass is 10.1. The fourth-order valence-corrected chi connectivity index (χ4v) is 5.66. The van der Waals surface area contributed by atoms with Crippen LogP contribution in [0.3, 0.4) is 0 Å². The number of ether oxygens (including phenoxy) is 3. The van der Waals surface area contributed by atoms with Gasteiger partial charge in [0.1, 0.15) is 13.2 Å². The van der Waals surface area contributed by atoms with Crippen molar-refractivity contribution >= 4 is 17.9 Å². The summed E-state index contributed by atoms with van der Waals surface area (Å²) in [6.07, 6.45) is 70.2. The first kappa shape index (κ1) is 57.3. The van der Waals surface area contributed by atoms with Crippen molar-refractivity contribution in [3.05, 3.63) is 146 Å². The standard InChI is InChI=1S/C56H84O6/c1-4-7-10-13-16-19-21-23-25-27-28-29-31-32-34-37-40-43-46-49-55(58)61-52-53(51-60-54(57)48-45-42-39-36-18-15-12-9-6-3)62-56(59)50-47-44-41-38-35-33-30-26-24-22-20-17-14-11-8-5-2/h7-12,16-20,23-26,28-29,33,35-36,41-42,44-45,53H,4-6,13-15,21-22,27,30-32,34,37-40,43,46-52H2,1-3H3/b10-7-,11-8-,12-9-,19-16-,20-17-,25-23-,26-24-,29-28-,35-33-,36-18-,44-41-,45-42-. The molecule has 0 amide bonds. The summed E-state index contributed by atoms with van der Waals surface area (Å²) in [4.78, 5) is 37.7. The van der Waals surface area contributed by atoms with Gasteiger partial charge in [-0.15, -0.1) is 0 Å². The number of hydrogen-bond acceptors (Lipinski definition) is 6. The predicted octanol–water partition coefficient (Wildman–Crippen LogP) is 15.7. The zero-order valence-electron chi connectivity index (χ0n) is 39.1. The third kappa shape index (κ3) is 46.4. The van der Waals surface area contributed by atoms with Crippen LogP contribution in [0.1, 0.15) is 168 Å². The van der Waals surface area contributed by atoms with E-state index >= 15 is 0 Å². The highest BCUT2D eigenvalue weighted by Crippen LogP contribution is 2.11. The molecule has 6 nitrogen and oxygen atoms in total. The van der Waals surface area contributed by atoms with Crippen molar-refractivity contribution in [2.24, 2.45) is 0 Å². The van der Waals surface area contributed by atoms with Crippen molar-refractivity contribution < 1.29 is 28.6 Å². The Morgan fingerprint density at radius 1 is 0.339 bits per heavy atom. The second kappa shape index (κ2) is 49.0. The summed E-state index contributed by atoms with van der Waals surface area (Å²) in [7, 11) is 0. The second-order valence-electron chi connectivity index (χ2n) is 14.9. The summed E-state index contributed by atoms with van der Waals surface area (Å²) < 4.78 is 16.5. The number of unbranched alkanes of at least 4 members (excludes halogenated alkanes) is 6. The molecule has 62 heavy (non-hydrogen) atoms. The number of hydrogen-bond donors (Lipinski definition) is 0. The Hall–Kier alpha value is -4.71. The lowest BCUT2D eigenvalue weighted by Crippen LogP contribution is -2.30. The van der Waals surface area contributed by atoms with Gasteiger partial charge in [0.15, 0.2) is 6.10 Å². The van der Waals surface area contributed by atoms with Crippen LogP contribution in [0.15, 0.2) is 146 Å². The molecule has 1 unspecified atom stereocenters. The second-order valence-corrected chi connectivity index (χ2v) is 14.9. The third-order valence-electron chi connectivity index (χ3n) is 9.12. The van der Waals surface area contributed by atoms with E-state index in [1.165, 1.54) is 12.8 Å². The summed E-state index contributed by atoms with van der Waals surface area (Å²) in [5.41, 5.74) is 0. The van der Waals surface area contributed by atoms with Crippen molar-refractivity contribution in [2.75, 3.05) is 13.2 Å². The molecule has 0 bridgehead atoms. The lowest BCUT2D eigenvalue weighted by Gasteiger charge is -2.18. The van der Waals surface area contributed by atoms with Crippen LogP contribution in [-0.4, -0.2) is 37.2 Å². The van der Waals surface area contributed by atoms with Gasteiger partial charge in [-0.2, -0.15) is 0 Å². The average Bonchev–Trinajstić information content (AvgIpc) is 3.27. The normalized spacial score (nSPS) is 13.4.